The Kier molecular flexibility index (Phi) is 14.7. The van der Waals surface area contributed by atoms with Gasteiger partial charge in [-0.2, -0.15) is 5.26 Å². The Morgan fingerprint density at radius 1 is 1.02 bits per heavy atom. The predicted octanol–water partition coefficient (Wildman–Crippen LogP) is 8.53. The van der Waals surface area contributed by atoms with E-state index in [-0.39, 0.29) is 5.92 Å². The highest BCUT2D eigenvalue weighted by Gasteiger charge is 2.29. The van der Waals surface area contributed by atoms with Crippen LogP contribution in [0, 0.1) is 27.4 Å². The molecule has 2 atom stereocenters. The third-order valence-electron chi connectivity index (χ3n) is 7.01. The maximum absolute atomic E-state index is 13.0. The molecule has 0 radical (unpaired) electrons. The number of nitrogens with one attached hydrogen (secondary N) is 1. The lowest BCUT2D eigenvalue weighted by Crippen LogP contribution is -2.30. The maximum Gasteiger partial charge on any atom is 0.315 e. The van der Waals surface area contributed by atoms with Gasteiger partial charge in [0.15, 0.2) is 5.82 Å². The molecule has 1 N–H and O–H groups in total. The molecule has 1 aromatic heterocycles. The molecular formula is C36H37Cl2N5O5. The minimum Gasteiger partial charge on any atom is -0.457 e. The number of benzene rings is 3. The summed E-state index contributed by atoms with van der Waals surface area (Å²) in [4.78, 5) is 28.8. The minimum atomic E-state index is -1.04. The zero-order chi connectivity index (χ0) is 35.1. The summed E-state index contributed by atoms with van der Waals surface area (Å²) < 4.78 is 11.4. The van der Waals surface area contributed by atoms with Gasteiger partial charge in [-0.3, -0.25) is 14.9 Å². The van der Waals surface area contributed by atoms with Gasteiger partial charge in [-0.05, 0) is 66.4 Å². The van der Waals surface area contributed by atoms with Crippen molar-refractivity contribution in [1.29, 1.82) is 5.26 Å². The van der Waals surface area contributed by atoms with E-state index < -0.39 is 22.9 Å². The van der Waals surface area contributed by atoms with Gasteiger partial charge in [0.05, 0.1) is 10.8 Å². The zero-order valence-electron chi connectivity index (χ0n) is 27.0. The standard InChI is InChI=1S/C25H22ClNO3.C11H15ClN4O2/c1-17(2)24(18-11-13-20(26)14-12-18)25(28)30-23(16-27)19-7-6-10-22(15-19)29-21-8-4-3-5-9-21;1-3-15(11(13-2)8-16(17)18)7-9-4-5-10(12)14-6-9/h3-15,17,23-24H,1-2H3;4-6,8,13H,3,7H2,1-2H3/b;11-8+. The Hall–Kier alpha value is -5.11. The molecule has 4 rings (SSSR count). The molecule has 3 aromatic carbocycles. The van der Waals surface area contributed by atoms with Gasteiger partial charge in [-0.15, -0.1) is 0 Å². The number of nitrogens with zero attached hydrogens (tertiary/aromatic N) is 4. The van der Waals surface area contributed by atoms with Crippen LogP contribution in [0.3, 0.4) is 0 Å². The molecular weight excluding hydrogens is 653 g/mol. The summed E-state index contributed by atoms with van der Waals surface area (Å²) in [7, 11) is 1.65. The first-order chi connectivity index (χ1) is 23.0. The molecule has 1 heterocycles. The summed E-state index contributed by atoms with van der Waals surface area (Å²) in [5.41, 5.74) is 2.29. The van der Waals surface area contributed by atoms with Crippen LogP contribution in [0.2, 0.25) is 10.2 Å². The highest BCUT2D eigenvalue weighted by atomic mass is 35.5. The Balaban J connectivity index is 0.000000297. The molecule has 0 aliphatic carbocycles. The number of ether oxygens (including phenoxy) is 2. The summed E-state index contributed by atoms with van der Waals surface area (Å²) in [6.45, 7) is 6.98. The quantitative estimate of drug-likeness (QED) is 0.0635. The van der Waals surface area contributed by atoms with Gasteiger partial charge in [-0.25, -0.2) is 4.98 Å². The maximum atomic E-state index is 13.0. The smallest absolute Gasteiger partial charge is 0.315 e. The van der Waals surface area contributed by atoms with Gasteiger partial charge in [0.1, 0.15) is 22.7 Å². The third-order valence-corrected chi connectivity index (χ3v) is 7.48. The van der Waals surface area contributed by atoms with Crippen LogP contribution in [0.15, 0.2) is 109 Å². The summed E-state index contributed by atoms with van der Waals surface area (Å²) >= 11 is 11.7. The van der Waals surface area contributed by atoms with Crippen LogP contribution in [0.5, 0.6) is 11.5 Å². The molecule has 0 amide bonds. The molecule has 12 heteroatoms. The number of rotatable bonds is 13. The highest BCUT2D eigenvalue weighted by molar-refractivity contribution is 6.30. The van der Waals surface area contributed by atoms with Gasteiger partial charge in [-0.1, -0.05) is 85.6 Å². The van der Waals surface area contributed by atoms with E-state index in [1.54, 1.807) is 55.7 Å². The van der Waals surface area contributed by atoms with Crippen molar-refractivity contribution in [3.8, 4) is 17.6 Å². The van der Waals surface area contributed by atoms with Crippen molar-refractivity contribution in [1.82, 2.24) is 15.2 Å². The van der Waals surface area contributed by atoms with Crippen LogP contribution in [0.1, 0.15) is 49.5 Å². The second-order valence-corrected chi connectivity index (χ2v) is 11.6. The lowest BCUT2D eigenvalue weighted by Gasteiger charge is -2.23. The Morgan fingerprint density at radius 2 is 1.71 bits per heavy atom. The highest BCUT2D eigenvalue weighted by Crippen LogP contribution is 2.31. The number of nitriles is 1. The second kappa shape index (κ2) is 18.9. The zero-order valence-corrected chi connectivity index (χ0v) is 28.6. The van der Waals surface area contributed by atoms with Crippen LogP contribution >= 0.6 is 23.2 Å². The van der Waals surface area contributed by atoms with Crippen LogP contribution in [0.4, 0.5) is 0 Å². The first kappa shape index (κ1) is 37.3. The van der Waals surface area contributed by atoms with E-state index in [4.69, 9.17) is 32.7 Å². The monoisotopic (exact) mass is 689 g/mol. The van der Waals surface area contributed by atoms with Crippen LogP contribution in [-0.4, -0.2) is 34.4 Å². The number of halogens is 2. The number of hydrogen-bond acceptors (Lipinski definition) is 9. The summed E-state index contributed by atoms with van der Waals surface area (Å²) in [5, 5.41) is 24.0. The largest absolute Gasteiger partial charge is 0.457 e. The molecule has 0 aliphatic rings. The number of hydrogen-bond donors (Lipinski definition) is 1. The van der Waals surface area contributed by atoms with E-state index in [1.807, 2.05) is 74.2 Å². The molecule has 0 saturated heterocycles. The lowest BCUT2D eigenvalue weighted by molar-refractivity contribution is -0.404. The molecule has 10 nitrogen and oxygen atoms in total. The van der Waals surface area contributed by atoms with Crippen molar-refractivity contribution in [2.24, 2.45) is 5.92 Å². The molecule has 0 fully saturated rings. The van der Waals surface area contributed by atoms with Crippen molar-refractivity contribution < 1.29 is 19.2 Å². The number of carbonyl (C=O) groups excluding carboxylic acids is 1. The van der Waals surface area contributed by atoms with Gasteiger partial charge < -0.3 is 19.7 Å². The van der Waals surface area contributed by atoms with E-state index in [0.29, 0.717) is 46.1 Å². The van der Waals surface area contributed by atoms with Gasteiger partial charge in [0.25, 0.3) is 6.20 Å². The van der Waals surface area contributed by atoms with E-state index in [9.17, 15) is 20.2 Å². The fourth-order valence-electron chi connectivity index (χ4n) is 4.68. The molecule has 48 heavy (non-hydrogen) atoms. The Labute approximate surface area is 290 Å². The summed E-state index contributed by atoms with van der Waals surface area (Å²) in [6, 6.07) is 29.1. The number of para-hydroxylation sites is 1. The number of aromatic nitrogens is 1. The predicted molar refractivity (Wildman–Crippen MR) is 186 cm³/mol. The van der Waals surface area contributed by atoms with Crippen LogP contribution in [0.25, 0.3) is 0 Å². The van der Waals surface area contributed by atoms with E-state index in [2.05, 4.69) is 16.4 Å². The Morgan fingerprint density at radius 3 is 2.27 bits per heavy atom. The van der Waals surface area contributed by atoms with Crippen molar-refractivity contribution in [2.75, 3.05) is 13.6 Å². The topological polar surface area (TPSA) is 131 Å². The molecule has 0 saturated carbocycles. The first-order valence-corrected chi connectivity index (χ1v) is 15.9. The van der Waals surface area contributed by atoms with Crippen LogP contribution < -0.4 is 10.1 Å². The average molecular weight is 691 g/mol. The fraction of sp³-hybridized carbons (Fsp3) is 0.250. The number of pyridine rings is 1. The summed E-state index contributed by atoms with van der Waals surface area (Å²) in [6.07, 6.45) is 1.57. The lowest BCUT2D eigenvalue weighted by atomic mass is 9.88. The van der Waals surface area contributed by atoms with Gasteiger partial charge in [0, 0.05) is 36.9 Å². The van der Waals surface area contributed by atoms with Crippen molar-refractivity contribution in [3.05, 3.63) is 146 Å². The van der Waals surface area contributed by atoms with Crippen molar-refractivity contribution >= 4 is 29.2 Å². The normalized spacial score (nSPS) is 12.1. The molecule has 0 spiro atoms. The van der Waals surface area contributed by atoms with Gasteiger partial charge >= 0.3 is 5.97 Å². The number of nitro groups is 1. The molecule has 250 valence electrons. The van der Waals surface area contributed by atoms with Gasteiger partial charge in [0.2, 0.25) is 6.10 Å². The molecule has 2 unspecified atom stereocenters. The van der Waals surface area contributed by atoms with Crippen LogP contribution in [-0.2, 0) is 16.1 Å². The fourth-order valence-corrected chi connectivity index (χ4v) is 4.92. The van der Waals surface area contributed by atoms with Crippen molar-refractivity contribution in [3.63, 3.8) is 0 Å². The van der Waals surface area contributed by atoms with E-state index >= 15 is 0 Å². The average Bonchev–Trinajstić information content (AvgIpc) is 3.07. The minimum absolute atomic E-state index is 0.00855. The summed E-state index contributed by atoms with van der Waals surface area (Å²) in [5.74, 6) is 0.745. The molecule has 4 aromatic rings. The number of carbonyl (C=O) groups is 1. The first-order valence-electron chi connectivity index (χ1n) is 15.1. The van der Waals surface area contributed by atoms with Crippen molar-refractivity contribution in [2.45, 2.75) is 39.3 Å². The second-order valence-electron chi connectivity index (χ2n) is 10.8. The van der Waals surface area contributed by atoms with E-state index in [1.165, 1.54) is 0 Å². The number of esters is 1. The molecule has 0 aliphatic heterocycles. The molecule has 0 bridgehead atoms. The SMILES string of the molecule is CC(C)C(C(=O)OC(C#N)c1cccc(Oc2ccccc2)c1)c1ccc(Cl)cc1.CCN(Cc1ccc(Cl)nc1)/C(=C/[N+](=O)[O-])NC. The van der Waals surface area contributed by atoms with E-state index in [0.717, 1.165) is 17.3 Å². The Bertz CT molecular complexity index is 1690. The third kappa shape index (κ3) is 11.6.